The molecule has 0 saturated carbocycles. The van der Waals surface area contributed by atoms with Crippen molar-refractivity contribution in [2.45, 2.75) is 67.3 Å². The predicted molar refractivity (Wildman–Crippen MR) is 112 cm³/mol. The molecule has 0 atom stereocenters. The van der Waals surface area contributed by atoms with E-state index in [1.165, 1.54) is 11.3 Å². The van der Waals surface area contributed by atoms with Gasteiger partial charge in [0.15, 0.2) is 0 Å². The molecule has 2 nitrogen and oxygen atoms in total. The lowest BCUT2D eigenvalue weighted by Gasteiger charge is -2.12. The third kappa shape index (κ3) is 6.35. The molecule has 1 rings (SSSR count). The van der Waals surface area contributed by atoms with Crippen LogP contribution in [0.5, 0.6) is 0 Å². The van der Waals surface area contributed by atoms with Gasteiger partial charge in [-0.3, -0.25) is 0 Å². The maximum absolute atomic E-state index is 4.17. The van der Waals surface area contributed by atoms with Crippen molar-refractivity contribution in [3.05, 3.63) is 47.4 Å². The van der Waals surface area contributed by atoms with Crippen molar-refractivity contribution in [1.29, 1.82) is 0 Å². The Balaban J connectivity index is 3.16. The van der Waals surface area contributed by atoms with Crippen LogP contribution < -0.4 is 5.32 Å². The molecule has 0 saturated heterocycles. The average Bonchev–Trinajstić information content (AvgIpc) is 2.83. The lowest BCUT2D eigenvalue weighted by molar-refractivity contribution is 0.578. The van der Waals surface area contributed by atoms with Crippen LogP contribution in [0.1, 0.15) is 84.2 Å². The second-order valence-corrected chi connectivity index (χ2v) is 7.72. The second kappa shape index (κ2) is 9.37. The van der Waals surface area contributed by atoms with Crippen molar-refractivity contribution in [2.75, 3.05) is 0 Å². The lowest BCUT2D eigenvalue weighted by Crippen LogP contribution is -2.05. The Bertz CT molecular complexity index is 711. The fourth-order valence-corrected chi connectivity index (χ4v) is 2.64. The second-order valence-electron chi connectivity index (χ2n) is 7.72. The number of nitrogens with one attached hydrogen (secondary N) is 1. The summed E-state index contributed by atoms with van der Waals surface area (Å²) in [7, 11) is 0. The molecule has 1 N–H and O–H groups in total. The van der Waals surface area contributed by atoms with E-state index >= 15 is 0 Å². The number of aromatic nitrogens is 1. The molecule has 0 aliphatic carbocycles. The van der Waals surface area contributed by atoms with Crippen LogP contribution in [0.4, 0.5) is 0 Å². The zero-order valence-corrected chi connectivity index (χ0v) is 17.1. The first-order valence-electron chi connectivity index (χ1n) is 9.13. The highest BCUT2D eigenvalue weighted by Gasteiger charge is 2.15. The number of hydrogen-bond acceptors (Lipinski definition) is 1. The molecule has 136 valence electrons. The summed E-state index contributed by atoms with van der Waals surface area (Å²) in [6.45, 7) is 23.3. The first-order valence-corrected chi connectivity index (χ1v) is 9.13. The van der Waals surface area contributed by atoms with Gasteiger partial charge in [0.2, 0.25) is 0 Å². The standard InChI is InChI=1S/C23H34N2/c1-16(2)10-11-20(9)24-13-12-21-15-25(19(7)8)22(14-17(3)4)23(21)18(5)6/h14-16,19,24H,5,9-11H2,1-4,6-8H3. The molecule has 1 aromatic heterocycles. The van der Waals surface area contributed by atoms with Gasteiger partial charge in [-0.2, -0.15) is 0 Å². The van der Waals surface area contributed by atoms with E-state index < -0.39 is 0 Å². The molecule has 1 heterocycles. The zero-order chi connectivity index (χ0) is 19.1. The summed E-state index contributed by atoms with van der Waals surface area (Å²) in [5.41, 5.74) is 6.61. The highest BCUT2D eigenvalue weighted by atomic mass is 15.0. The van der Waals surface area contributed by atoms with Crippen LogP contribution in [0, 0.1) is 17.9 Å². The molecule has 0 spiro atoms. The van der Waals surface area contributed by atoms with Crippen molar-refractivity contribution >= 4 is 11.6 Å². The van der Waals surface area contributed by atoms with Gasteiger partial charge in [-0.05, 0) is 70.9 Å². The molecule has 0 fully saturated rings. The van der Waals surface area contributed by atoms with Gasteiger partial charge >= 0.3 is 0 Å². The van der Waals surface area contributed by atoms with Gasteiger partial charge in [0.1, 0.15) is 0 Å². The lowest BCUT2D eigenvalue weighted by atomic mass is 10.0. The maximum Gasteiger partial charge on any atom is 0.0522 e. The number of rotatable bonds is 7. The molecule has 1 aromatic rings. The highest BCUT2D eigenvalue weighted by Crippen LogP contribution is 2.28. The Morgan fingerprint density at radius 1 is 1.20 bits per heavy atom. The first kappa shape index (κ1) is 20.9. The molecule has 25 heavy (non-hydrogen) atoms. The summed E-state index contributed by atoms with van der Waals surface area (Å²) in [5.74, 6) is 3.94. The van der Waals surface area contributed by atoms with E-state index in [9.17, 15) is 0 Å². The monoisotopic (exact) mass is 338 g/mol. The predicted octanol–water partition coefficient (Wildman–Crippen LogP) is 6.37. The minimum atomic E-state index is 0.369. The SMILES string of the molecule is C=C(CCC(C)C)NC#Cc1cn(C(C)C)c(C=C(C)C)c1C(=C)C. The maximum atomic E-state index is 4.17. The van der Waals surface area contributed by atoms with Crippen molar-refractivity contribution in [2.24, 2.45) is 5.92 Å². The Morgan fingerprint density at radius 2 is 1.84 bits per heavy atom. The fraction of sp³-hybridized carbons (Fsp3) is 0.478. The molecule has 0 radical (unpaired) electrons. The van der Waals surface area contributed by atoms with Gasteiger partial charge in [0.05, 0.1) is 5.56 Å². The molecule has 2 heteroatoms. The largest absolute Gasteiger partial charge is 0.344 e. The van der Waals surface area contributed by atoms with Crippen LogP contribution >= 0.6 is 0 Å². The minimum Gasteiger partial charge on any atom is -0.344 e. The van der Waals surface area contributed by atoms with E-state index in [1.54, 1.807) is 0 Å². The van der Waals surface area contributed by atoms with Crippen molar-refractivity contribution in [1.82, 2.24) is 9.88 Å². The van der Waals surface area contributed by atoms with Gasteiger partial charge in [-0.1, -0.05) is 32.6 Å². The molecule has 0 aliphatic heterocycles. The van der Waals surface area contributed by atoms with Gasteiger partial charge < -0.3 is 9.88 Å². The van der Waals surface area contributed by atoms with Crippen molar-refractivity contribution in [3.63, 3.8) is 0 Å². The van der Waals surface area contributed by atoms with E-state index in [0.717, 1.165) is 35.2 Å². The summed E-state index contributed by atoms with van der Waals surface area (Å²) < 4.78 is 2.27. The van der Waals surface area contributed by atoms with E-state index in [4.69, 9.17) is 0 Å². The summed E-state index contributed by atoms with van der Waals surface area (Å²) >= 11 is 0. The number of hydrogen-bond donors (Lipinski definition) is 1. The van der Waals surface area contributed by atoms with Crippen LogP contribution in [-0.4, -0.2) is 4.57 Å². The van der Waals surface area contributed by atoms with Crippen LogP contribution in [-0.2, 0) is 0 Å². The average molecular weight is 339 g/mol. The highest BCUT2D eigenvalue weighted by molar-refractivity contribution is 5.76. The molecular formula is C23H34N2. The van der Waals surface area contributed by atoms with Crippen LogP contribution in [0.3, 0.4) is 0 Å². The van der Waals surface area contributed by atoms with Crippen molar-refractivity contribution in [3.8, 4) is 12.0 Å². The van der Waals surface area contributed by atoms with E-state index in [2.05, 4.69) is 88.8 Å². The zero-order valence-electron chi connectivity index (χ0n) is 17.1. The fourth-order valence-electron chi connectivity index (χ4n) is 2.64. The Kier molecular flexibility index (Phi) is 7.84. The Labute approximate surface area is 154 Å². The van der Waals surface area contributed by atoms with Crippen LogP contribution in [0.15, 0.2) is 30.6 Å². The van der Waals surface area contributed by atoms with Gasteiger partial charge in [0.25, 0.3) is 0 Å². The summed E-state index contributed by atoms with van der Waals surface area (Å²) in [6.07, 6.45) is 6.42. The summed E-state index contributed by atoms with van der Waals surface area (Å²) in [5, 5.41) is 3.14. The number of nitrogens with zero attached hydrogens (tertiary/aromatic N) is 1. The molecule has 0 unspecified atom stereocenters. The molecule has 0 aromatic carbocycles. The Hall–Kier alpha value is -2.14. The van der Waals surface area contributed by atoms with Gasteiger partial charge in [0, 0.05) is 35.2 Å². The first-order chi connectivity index (χ1) is 11.6. The summed E-state index contributed by atoms with van der Waals surface area (Å²) in [6, 6.07) is 3.45. The van der Waals surface area contributed by atoms with Crippen LogP contribution in [0.25, 0.3) is 11.6 Å². The van der Waals surface area contributed by atoms with E-state index in [1.807, 2.05) is 6.92 Å². The third-order valence-electron chi connectivity index (χ3n) is 3.94. The molecule has 0 bridgehead atoms. The minimum absolute atomic E-state index is 0.369. The molecule has 0 aliphatic rings. The summed E-state index contributed by atoms with van der Waals surface area (Å²) in [4.78, 5) is 0. The quantitative estimate of drug-likeness (QED) is 0.451. The number of allylic oxidation sites excluding steroid dienone is 3. The van der Waals surface area contributed by atoms with Crippen molar-refractivity contribution < 1.29 is 0 Å². The van der Waals surface area contributed by atoms with Gasteiger partial charge in [-0.15, -0.1) is 0 Å². The Morgan fingerprint density at radius 3 is 2.32 bits per heavy atom. The van der Waals surface area contributed by atoms with E-state index in [-0.39, 0.29) is 0 Å². The smallest absolute Gasteiger partial charge is 0.0522 e. The van der Waals surface area contributed by atoms with Gasteiger partial charge in [-0.25, -0.2) is 0 Å². The molecular weight excluding hydrogens is 304 g/mol. The normalized spacial score (nSPS) is 10.4. The molecule has 0 amide bonds. The van der Waals surface area contributed by atoms with E-state index in [0.29, 0.717) is 12.0 Å². The van der Waals surface area contributed by atoms with Crippen LogP contribution in [0.2, 0.25) is 0 Å². The third-order valence-corrected chi connectivity index (χ3v) is 3.94. The topological polar surface area (TPSA) is 17.0 Å².